The number of hydrogen-bond acceptors (Lipinski definition) is 2. The van der Waals surface area contributed by atoms with E-state index < -0.39 is 5.92 Å². The van der Waals surface area contributed by atoms with Crippen LogP contribution in [0.5, 0.6) is 0 Å². The number of nitrogens with zero attached hydrogens (tertiary/aromatic N) is 2. The van der Waals surface area contributed by atoms with Gasteiger partial charge in [-0.3, -0.25) is 4.68 Å². The lowest BCUT2D eigenvalue weighted by Gasteiger charge is -2.27. The van der Waals surface area contributed by atoms with Crippen molar-refractivity contribution in [1.82, 2.24) is 9.78 Å². The molecule has 2 N–H and O–H groups in total. The molecule has 2 rings (SSSR count). The molecular weight excluding hydrogens is 200 g/mol. The number of halogens is 2. The molecule has 0 aromatic carbocycles. The summed E-state index contributed by atoms with van der Waals surface area (Å²) in [6, 6.07) is 1.72. The summed E-state index contributed by atoms with van der Waals surface area (Å²) >= 11 is 0. The normalized spacial score (nSPS) is 21.7. The van der Waals surface area contributed by atoms with Gasteiger partial charge in [0.1, 0.15) is 5.82 Å². The molecule has 1 fully saturated rings. The molecule has 0 radical (unpaired) electrons. The van der Waals surface area contributed by atoms with Gasteiger partial charge in [-0.25, -0.2) is 8.78 Å². The first kappa shape index (κ1) is 10.4. The third-order valence-corrected chi connectivity index (χ3v) is 2.94. The lowest BCUT2D eigenvalue weighted by Crippen LogP contribution is -2.26. The molecule has 0 spiro atoms. The monoisotopic (exact) mass is 215 g/mol. The minimum Gasteiger partial charge on any atom is -0.382 e. The third-order valence-electron chi connectivity index (χ3n) is 2.94. The first-order valence-corrected chi connectivity index (χ1v) is 5.22. The van der Waals surface area contributed by atoms with E-state index in [2.05, 4.69) is 5.10 Å². The van der Waals surface area contributed by atoms with Crippen LogP contribution in [0, 0.1) is 5.92 Å². The Labute approximate surface area is 87.3 Å². The second-order valence-electron chi connectivity index (χ2n) is 4.26. The summed E-state index contributed by atoms with van der Waals surface area (Å²) in [4.78, 5) is 0. The molecular formula is C10H15F2N3. The number of anilines is 1. The van der Waals surface area contributed by atoms with Gasteiger partial charge in [0.2, 0.25) is 5.92 Å². The van der Waals surface area contributed by atoms with Crippen LogP contribution >= 0.6 is 0 Å². The fourth-order valence-electron chi connectivity index (χ4n) is 2.03. The molecule has 1 aromatic heterocycles. The molecule has 0 amide bonds. The van der Waals surface area contributed by atoms with Gasteiger partial charge in [-0.05, 0) is 24.8 Å². The van der Waals surface area contributed by atoms with E-state index in [4.69, 9.17) is 5.73 Å². The summed E-state index contributed by atoms with van der Waals surface area (Å²) in [5, 5.41) is 4.05. The largest absolute Gasteiger partial charge is 0.382 e. The standard InChI is InChI=1S/C10H15F2N3/c11-10(12)4-1-8(2-5-10)7-15-6-3-9(13)14-15/h3,6,8H,1-2,4-5,7H2,(H2,13,14). The molecule has 1 aliphatic carbocycles. The average Bonchev–Trinajstić information content (AvgIpc) is 2.55. The molecule has 1 saturated carbocycles. The van der Waals surface area contributed by atoms with Crippen LogP contribution in [-0.4, -0.2) is 15.7 Å². The summed E-state index contributed by atoms with van der Waals surface area (Å²) in [6.45, 7) is 0.702. The maximum absolute atomic E-state index is 12.9. The molecule has 0 saturated heterocycles. The second kappa shape index (κ2) is 3.79. The molecule has 1 heterocycles. The van der Waals surface area contributed by atoms with Crippen molar-refractivity contribution in [3.05, 3.63) is 12.3 Å². The third kappa shape index (κ3) is 2.67. The Bertz CT molecular complexity index is 325. The molecule has 5 heteroatoms. The van der Waals surface area contributed by atoms with E-state index >= 15 is 0 Å². The maximum atomic E-state index is 12.9. The van der Waals surface area contributed by atoms with E-state index in [-0.39, 0.29) is 12.8 Å². The molecule has 1 aromatic rings. The van der Waals surface area contributed by atoms with E-state index in [1.165, 1.54) is 0 Å². The first-order valence-electron chi connectivity index (χ1n) is 5.22. The van der Waals surface area contributed by atoms with Crippen LogP contribution < -0.4 is 5.73 Å². The van der Waals surface area contributed by atoms with Crippen molar-refractivity contribution in [3.63, 3.8) is 0 Å². The molecule has 3 nitrogen and oxygen atoms in total. The van der Waals surface area contributed by atoms with Crippen molar-refractivity contribution in [2.45, 2.75) is 38.2 Å². The van der Waals surface area contributed by atoms with Crippen LogP contribution in [0.3, 0.4) is 0 Å². The van der Waals surface area contributed by atoms with Gasteiger partial charge in [0, 0.05) is 25.6 Å². The Morgan fingerprint density at radius 2 is 2.13 bits per heavy atom. The summed E-state index contributed by atoms with van der Waals surface area (Å²) in [5.74, 6) is -1.65. The lowest BCUT2D eigenvalue weighted by atomic mass is 9.87. The smallest absolute Gasteiger partial charge is 0.248 e. The fraction of sp³-hybridized carbons (Fsp3) is 0.700. The minimum absolute atomic E-state index is 0.00835. The highest BCUT2D eigenvalue weighted by molar-refractivity contribution is 5.23. The van der Waals surface area contributed by atoms with Gasteiger partial charge in [0.15, 0.2) is 0 Å². The Kier molecular flexibility index (Phi) is 2.63. The van der Waals surface area contributed by atoms with Crippen LogP contribution in [0.15, 0.2) is 12.3 Å². The van der Waals surface area contributed by atoms with Gasteiger partial charge >= 0.3 is 0 Å². The molecule has 0 aliphatic heterocycles. The lowest BCUT2D eigenvalue weighted by molar-refractivity contribution is -0.0476. The van der Waals surface area contributed by atoms with Gasteiger partial charge in [-0.2, -0.15) is 5.10 Å². The molecule has 84 valence electrons. The number of aromatic nitrogens is 2. The Hall–Kier alpha value is -1.13. The molecule has 0 bridgehead atoms. The fourth-order valence-corrected chi connectivity index (χ4v) is 2.03. The topological polar surface area (TPSA) is 43.8 Å². The van der Waals surface area contributed by atoms with Gasteiger partial charge in [-0.15, -0.1) is 0 Å². The zero-order chi connectivity index (χ0) is 10.9. The summed E-state index contributed by atoms with van der Waals surface area (Å²) in [7, 11) is 0. The van der Waals surface area contributed by atoms with Crippen LogP contribution in [0.25, 0.3) is 0 Å². The number of rotatable bonds is 2. The van der Waals surface area contributed by atoms with Crippen LogP contribution in [-0.2, 0) is 6.54 Å². The Morgan fingerprint density at radius 3 is 2.67 bits per heavy atom. The highest BCUT2D eigenvalue weighted by Crippen LogP contribution is 2.36. The molecule has 1 aliphatic rings. The summed E-state index contributed by atoms with van der Waals surface area (Å²) < 4.78 is 27.5. The SMILES string of the molecule is Nc1ccn(CC2CCC(F)(F)CC2)n1. The number of nitrogens with two attached hydrogens (primary N) is 1. The van der Waals surface area contributed by atoms with Crippen LogP contribution in [0.4, 0.5) is 14.6 Å². The van der Waals surface area contributed by atoms with E-state index in [1.807, 2.05) is 0 Å². The predicted octanol–water partition coefficient (Wildman–Crippen LogP) is 2.29. The quantitative estimate of drug-likeness (QED) is 0.822. The summed E-state index contributed by atoms with van der Waals surface area (Å²) in [6.07, 6.45) is 2.96. The van der Waals surface area contributed by atoms with Crippen molar-refractivity contribution >= 4 is 5.82 Å². The zero-order valence-electron chi connectivity index (χ0n) is 8.50. The van der Waals surface area contributed by atoms with Crippen molar-refractivity contribution in [2.24, 2.45) is 5.92 Å². The van der Waals surface area contributed by atoms with E-state index in [1.54, 1.807) is 16.9 Å². The van der Waals surface area contributed by atoms with Crippen LogP contribution in [0.2, 0.25) is 0 Å². The highest BCUT2D eigenvalue weighted by Gasteiger charge is 2.34. The van der Waals surface area contributed by atoms with Crippen molar-refractivity contribution < 1.29 is 8.78 Å². The van der Waals surface area contributed by atoms with Crippen molar-refractivity contribution in [3.8, 4) is 0 Å². The molecule has 15 heavy (non-hydrogen) atoms. The average molecular weight is 215 g/mol. The maximum Gasteiger partial charge on any atom is 0.248 e. The summed E-state index contributed by atoms with van der Waals surface area (Å²) in [5.41, 5.74) is 5.47. The van der Waals surface area contributed by atoms with Crippen molar-refractivity contribution in [1.29, 1.82) is 0 Å². The van der Waals surface area contributed by atoms with Crippen LogP contribution in [0.1, 0.15) is 25.7 Å². The minimum atomic E-state index is -2.44. The number of alkyl halides is 2. The number of hydrogen-bond donors (Lipinski definition) is 1. The Morgan fingerprint density at radius 1 is 1.47 bits per heavy atom. The zero-order valence-corrected chi connectivity index (χ0v) is 8.50. The predicted molar refractivity (Wildman–Crippen MR) is 53.5 cm³/mol. The van der Waals surface area contributed by atoms with Gasteiger partial charge in [-0.1, -0.05) is 0 Å². The van der Waals surface area contributed by atoms with E-state index in [9.17, 15) is 8.78 Å². The number of nitrogen functional groups attached to an aromatic ring is 1. The van der Waals surface area contributed by atoms with Gasteiger partial charge in [0.25, 0.3) is 0 Å². The Balaban J connectivity index is 1.87. The molecule has 0 unspecified atom stereocenters. The van der Waals surface area contributed by atoms with Crippen molar-refractivity contribution in [2.75, 3.05) is 5.73 Å². The van der Waals surface area contributed by atoms with Gasteiger partial charge in [0.05, 0.1) is 0 Å². The molecule has 0 atom stereocenters. The second-order valence-corrected chi connectivity index (χ2v) is 4.26. The van der Waals surface area contributed by atoms with Gasteiger partial charge < -0.3 is 5.73 Å². The van der Waals surface area contributed by atoms with E-state index in [0.29, 0.717) is 31.1 Å². The first-order chi connectivity index (χ1) is 7.05. The highest BCUT2D eigenvalue weighted by atomic mass is 19.3. The van der Waals surface area contributed by atoms with E-state index in [0.717, 1.165) is 0 Å².